The molecule has 0 N–H and O–H groups in total. The van der Waals surface area contributed by atoms with Crippen LogP contribution in [0.3, 0.4) is 0 Å². The van der Waals surface area contributed by atoms with Crippen molar-refractivity contribution in [2.45, 2.75) is 48.5 Å². The molecule has 95 heavy (non-hydrogen) atoms. The third kappa shape index (κ3) is 13.2. The molecule has 14 aromatic rings. The summed E-state index contributed by atoms with van der Waals surface area (Å²) in [7, 11) is 0. The van der Waals surface area contributed by atoms with E-state index in [1.807, 2.05) is 0 Å². The largest absolute Gasteiger partial charge is 0.311 e. The minimum Gasteiger partial charge on any atom is -0.311 e. The Labute approximate surface area is 561 Å². The lowest BCUT2D eigenvalue weighted by atomic mass is 9.94. The summed E-state index contributed by atoms with van der Waals surface area (Å²) >= 11 is 0. The van der Waals surface area contributed by atoms with Crippen LogP contribution in [0.1, 0.15) is 38.9 Å². The van der Waals surface area contributed by atoms with Crippen LogP contribution in [0, 0.1) is 48.5 Å². The minimum absolute atomic E-state index is 1.08. The summed E-state index contributed by atoms with van der Waals surface area (Å²) in [6.07, 6.45) is 0. The van der Waals surface area contributed by atoms with Crippen molar-refractivity contribution in [1.82, 2.24) is 0 Å². The maximum absolute atomic E-state index is 2.38. The molecule has 4 nitrogen and oxygen atoms in total. The first kappa shape index (κ1) is 60.8. The van der Waals surface area contributed by atoms with E-state index in [4.69, 9.17) is 0 Å². The average molecular weight is 1230 g/mol. The number of para-hydroxylation sites is 1. The Morgan fingerprint density at radius 1 is 0.147 bits per heavy atom. The first-order valence-electron chi connectivity index (χ1n) is 32.9. The highest BCUT2D eigenvalue weighted by Crippen LogP contribution is 2.44. The molecule has 14 rings (SSSR count). The Morgan fingerprint density at radius 2 is 0.305 bits per heavy atom. The van der Waals surface area contributed by atoms with Gasteiger partial charge in [-0.25, -0.2) is 0 Å². The molecule has 0 bridgehead atoms. The Balaban J connectivity index is 0.711. The summed E-state index contributed by atoms with van der Waals surface area (Å²) in [5.41, 5.74) is 33.6. The zero-order chi connectivity index (χ0) is 64.9. The van der Waals surface area contributed by atoms with Gasteiger partial charge in [0.2, 0.25) is 0 Å². The summed E-state index contributed by atoms with van der Waals surface area (Å²) in [6.45, 7) is 15.1. The van der Waals surface area contributed by atoms with E-state index in [0.717, 1.165) is 79.4 Å². The van der Waals surface area contributed by atoms with E-state index in [0.29, 0.717) is 0 Å². The first-order valence-corrected chi connectivity index (χ1v) is 32.9. The highest BCUT2D eigenvalue weighted by molar-refractivity contribution is 5.88. The number of benzene rings is 14. The lowest BCUT2D eigenvalue weighted by molar-refractivity contribution is 1.26. The van der Waals surface area contributed by atoms with E-state index in [1.165, 1.54) is 83.5 Å². The fourth-order valence-corrected chi connectivity index (χ4v) is 12.8. The predicted molar refractivity (Wildman–Crippen MR) is 406 cm³/mol. The second kappa shape index (κ2) is 26.9. The topological polar surface area (TPSA) is 13.0 Å². The number of rotatable bonds is 17. The second-order valence-electron chi connectivity index (χ2n) is 25.2. The molecule has 0 aliphatic heterocycles. The molecule has 0 atom stereocenters. The zero-order valence-electron chi connectivity index (χ0n) is 55.0. The molecule has 0 fully saturated rings. The summed E-state index contributed by atoms with van der Waals surface area (Å²) in [5.74, 6) is 0. The van der Waals surface area contributed by atoms with Gasteiger partial charge in [-0.1, -0.05) is 216 Å². The van der Waals surface area contributed by atoms with E-state index in [9.17, 15) is 0 Å². The van der Waals surface area contributed by atoms with E-state index in [-0.39, 0.29) is 0 Å². The molecule has 0 radical (unpaired) electrons. The molecule has 0 saturated carbocycles. The SMILES string of the molecule is Cc1ccc(N(c2ccc(C)cc2)c2ccc(-c3ccc(-c4ccc(N(c5ccccc5)c5ccc(C)c(-c6cc(N(c7ccc(C)cc7)c7ccc(-c8ccc(-c9ccc(N(c%10ccc(C)cc%10)c%10ccc(C)cc%10)cc9)cc8)cc7)ccc6C)c5)cc4)cc3)cc2)cc1. The molecule has 0 amide bonds. The van der Waals surface area contributed by atoms with Gasteiger partial charge in [-0.15, -0.1) is 0 Å². The van der Waals surface area contributed by atoms with Crippen molar-refractivity contribution in [1.29, 1.82) is 0 Å². The third-order valence-corrected chi connectivity index (χ3v) is 18.3. The van der Waals surface area contributed by atoms with Gasteiger partial charge >= 0.3 is 0 Å². The van der Waals surface area contributed by atoms with Crippen LogP contribution in [0.5, 0.6) is 0 Å². The molecule has 0 aromatic heterocycles. The normalized spacial score (nSPS) is 11.1. The molecule has 0 heterocycles. The zero-order valence-corrected chi connectivity index (χ0v) is 55.0. The molecule has 14 aromatic carbocycles. The molecule has 0 unspecified atom stereocenters. The highest BCUT2D eigenvalue weighted by atomic mass is 15.2. The van der Waals surface area contributed by atoms with Crippen LogP contribution in [0.25, 0.3) is 55.6 Å². The lowest BCUT2D eigenvalue weighted by Crippen LogP contribution is -2.11. The molecule has 4 heteroatoms. The van der Waals surface area contributed by atoms with Gasteiger partial charge in [0, 0.05) is 68.2 Å². The fraction of sp³-hybridized carbons (Fsp3) is 0.0769. The standard InChI is InChI=1S/C91H76N4/c1-63-13-41-79(42-14-63)92(80-43-15-64(2)16-44-80)84-53-33-74(34-54-84)70-25-29-72(30-26-70)76-37-57-86(58-38-76)94(78-11-9-8-10-12-78)88-51-23-68(6)90(61-88)91-62-89(52-24-69(91)7)95(83-49-21-67(5)22-50-83)87-59-39-77(40-60-87)73-31-27-71(28-32-73)75-35-55-85(56-36-75)93(81-45-17-65(3)18-46-81)82-47-19-66(4)20-48-82/h8-62H,1-7H3. The van der Waals surface area contributed by atoms with Crippen molar-refractivity contribution >= 4 is 68.2 Å². The van der Waals surface area contributed by atoms with Gasteiger partial charge in [-0.05, 0) is 261 Å². The van der Waals surface area contributed by atoms with Crippen LogP contribution >= 0.6 is 0 Å². The van der Waals surface area contributed by atoms with Gasteiger partial charge in [-0.3, -0.25) is 0 Å². The predicted octanol–water partition coefficient (Wildman–Crippen LogP) is 26.1. The number of aryl methyl sites for hydroxylation is 7. The van der Waals surface area contributed by atoms with Gasteiger partial charge in [0.05, 0.1) is 0 Å². The Morgan fingerprint density at radius 3 is 0.516 bits per heavy atom. The van der Waals surface area contributed by atoms with Gasteiger partial charge < -0.3 is 19.6 Å². The number of nitrogens with zero attached hydrogens (tertiary/aromatic N) is 4. The van der Waals surface area contributed by atoms with Crippen molar-refractivity contribution in [3.63, 3.8) is 0 Å². The van der Waals surface area contributed by atoms with Crippen molar-refractivity contribution in [2.75, 3.05) is 19.6 Å². The van der Waals surface area contributed by atoms with Crippen LogP contribution in [0.15, 0.2) is 334 Å². The number of anilines is 12. The molecular formula is C91H76N4. The molecule has 0 aliphatic rings. The molecule has 0 spiro atoms. The Kier molecular flexibility index (Phi) is 17.2. The maximum atomic E-state index is 2.38. The van der Waals surface area contributed by atoms with Crippen LogP contribution < -0.4 is 19.6 Å². The third-order valence-electron chi connectivity index (χ3n) is 18.3. The molecular weight excluding hydrogens is 1150 g/mol. The van der Waals surface area contributed by atoms with Crippen molar-refractivity contribution in [2.24, 2.45) is 0 Å². The van der Waals surface area contributed by atoms with E-state index < -0.39 is 0 Å². The van der Waals surface area contributed by atoms with Gasteiger partial charge in [0.15, 0.2) is 0 Å². The smallest absolute Gasteiger partial charge is 0.0467 e. The van der Waals surface area contributed by atoms with Crippen molar-refractivity contribution in [3.05, 3.63) is 373 Å². The first-order chi connectivity index (χ1) is 46.4. The summed E-state index contributed by atoms with van der Waals surface area (Å²) in [6, 6.07) is 122. The second-order valence-corrected chi connectivity index (χ2v) is 25.2. The number of hydrogen-bond donors (Lipinski definition) is 0. The highest BCUT2D eigenvalue weighted by Gasteiger charge is 2.21. The van der Waals surface area contributed by atoms with Crippen LogP contribution in [0.4, 0.5) is 68.2 Å². The fourth-order valence-electron chi connectivity index (χ4n) is 12.8. The van der Waals surface area contributed by atoms with Crippen LogP contribution in [0.2, 0.25) is 0 Å². The van der Waals surface area contributed by atoms with Crippen LogP contribution in [-0.4, -0.2) is 0 Å². The quantitative estimate of drug-likeness (QED) is 0.0901. The Bertz CT molecular complexity index is 4820. The average Bonchev–Trinajstić information content (AvgIpc) is 1.04. The van der Waals surface area contributed by atoms with Gasteiger partial charge in [0.25, 0.3) is 0 Å². The van der Waals surface area contributed by atoms with E-state index in [1.54, 1.807) is 0 Å². The van der Waals surface area contributed by atoms with Crippen molar-refractivity contribution in [3.8, 4) is 55.6 Å². The number of hydrogen-bond acceptors (Lipinski definition) is 4. The van der Waals surface area contributed by atoms with Gasteiger partial charge in [0.1, 0.15) is 0 Å². The minimum atomic E-state index is 1.08. The van der Waals surface area contributed by atoms with Crippen LogP contribution in [-0.2, 0) is 0 Å². The Hall–Kier alpha value is -11.7. The lowest BCUT2D eigenvalue weighted by Gasteiger charge is -2.28. The van der Waals surface area contributed by atoms with E-state index >= 15 is 0 Å². The monoisotopic (exact) mass is 1220 g/mol. The molecule has 0 aliphatic carbocycles. The molecule has 460 valence electrons. The summed E-state index contributed by atoms with van der Waals surface area (Å²) in [4.78, 5) is 9.40. The van der Waals surface area contributed by atoms with E-state index in [2.05, 4.69) is 402 Å². The summed E-state index contributed by atoms with van der Waals surface area (Å²) in [5, 5.41) is 0. The van der Waals surface area contributed by atoms with Crippen molar-refractivity contribution < 1.29 is 0 Å². The molecule has 0 saturated heterocycles. The maximum Gasteiger partial charge on any atom is 0.0467 e. The van der Waals surface area contributed by atoms with Gasteiger partial charge in [-0.2, -0.15) is 0 Å². The summed E-state index contributed by atoms with van der Waals surface area (Å²) < 4.78 is 0.